The van der Waals surface area contributed by atoms with Crippen LogP contribution in [0.15, 0.2) is 60.3 Å². The van der Waals surface area contributed by atoms with Crippen molar-refractivity contribution < 1.29 is 14.8 Å². The summed E-state index contributed by atoms with van der Waals surface area (Å²) < 4.78 is 0. The predicted molar refractivity (Wildman–Crippen MR) is 91.9 cm³/mol. The molecule has 2 aromatic rings. The van der Waals surface area contributed by atoms with Gasteiger partial charge in [-0.1, -0.05) is 6.07 Å². The van der Waals surface area contributed by atoms with Gasteiger partial charge in [0.25, 0.3) is 11.6 Å². The molecule has 0 radical (unpaired) electrons. The molecule has 0 bridgehead atoms. The van der Waals surface area contributed by atoms with Crippen molar-refractivity contribution >= 4 is 23.0 Å². The summed E-state index contributed by atoms with van der Waals surface area (Å²) in [6.45, 7) is 0. The summed E-state index contributed by atoms with van der Waals surface area (Å²) in [4.78, 5) is 23.9. The van der Waals surface area contributed by atoms with Crippen LogP contribution >= 0.6 is 0 Å². The molecule has 2 aromatic carbocycles. The Hall–Kier alpha value is -3.86. The van der Waals surface area contributed by atoms with Crippen LogP contribution in [-0.4, -0.2) is 23.0 Å². The third-order valence-corrected chi connectivity index (χ3v) is 3.26. The van der Waals surface area contributed by atoms with Gasteiger partial charge in [-0.15, -0.1) is 0 Å². The van der Waals surface area contributed by atoms with Crippen LogP contribution in [0.3, 0.4) is 0 Å². The average Bonchev–Trinajstić information content (AvgIpc) is 2.60. The number of aromatic hydroxyl groups is 1. The van der Waals surface area contributed by atoms with Gasteiger partial charge in [-0.3, -0.25) is 14.9 Å². The maximum absolute atomic E-state index is 12.2. The number of nitro groups is 1. The fourth-order valence-electron chi connectivity index (χ4n) is 1.99. The molecule has 0 aliphatic carbocycles. The zero-order valence-corrected chi connectivity index (χ0v) is 13.2. The Bertz CT molecular complexity index is 869. The van der Waals surface area contributed by atoms with Crippen LogP contribution in [0, 0.1) is 21.4 Å². The van der Waals surface area contributed by atoms with Gasteiger partial charge in [-0.2, -0.15) is 5.26 Å². The molecule has 2 rings (SSSR count). The Morgan fingerprint density at radius 1 is 1.32 bits per heavy atom. The number of amides is 1. The lowest BCUT2D eigenvalue weighted by Gasteiger charge is -2.15. The lowest BCUT2D eigenvalue weighted by molar-refractivity contribution is -0.384. The van der Waals surface area contributed by atoms with E-state index in [2.05, 4.69) is 5.32 Å². The number of benzene rings is 2. The first-order valence-electron chi connectivity index (χ1n) is 7.10. The fourth-order valence-corrected chi connectivity index (χ4v) is 1.99. The van der Waals surface area contributed by atoms with Crippen LogP contribution < -0.4 is 10.2 Å². The van der Waals surface area contributed by atoms with Crippen molar-refractivity contribution in [3.05, 3.63) is 70.4 Å². The Labute approximate surface area is 143 Å². The van der Waals surface area contributed by atoms with Crippen LogP contribution in [-0.2, 0) is 4.79 Å². The molecule has 0 spiro atoms. The second-order valence-electron chi connectivity index (χ2n) is 5.04. The highest BCUT2D eigenvalue weighted by Gasteiger charge is 2.13. The lowest BCUT2D eigenvalue weighted by atomic mass is 10.2. The van der Waals surface area contributed by atoms with Gasteiger partial charge in [-0.25, -0.2) is 0 Å². The summed E-state index contributed by atoms with van der Waals surface area (Å²) in [5.74, 6) is -0.585. The molecule has 8 nitrogen and oxygen atoms in total. The third kappa shape index (κ3) is 4.56. The molecule has 0 saturated heterocycles. The molecule has 0 aliphatic rings. The number of rotatable bonds is 5. The predicted octanol–water partition coefficient (Wildman–Crippen LogP) is 2.78. The second kappa shape index (κ2) is 7.61. The maximum Gasteiger partial charge on any atom is 0.271 e. The second-order valence-corrected chi connectivity index (χ2v) is 5.04. The Morgan fingerprint density at radius 2 is 2.00 bits per heavy atom. The first-order chi connectivity index (χ1) is 11.9. The van der Waals surface area contributed by atoms with E-state index in [1.807, 2.05) is 0 Å². The smallest absolute Gasteiger partial charge is 0.271 e. The largest absolute Gasteiger partial charge is 0.508 e. The van der Waals surface area contributed by atoms with Crippen molar-refractivity contribution in [2.24, 2.45) is 0 Å². The number of nitrogens with one attached hydrogen (secondary N) is 1. The number of hydrogen-bond donors (Lipinski definition) is 2. The molecule has 1 amide bonds. The SMILES string of the molecule is CN(/C=C(/C#N)C(=O)Nc1cccc([N+](=O)[O-])c1)c1ccc(O)cc1. The van der Waals surface area contributed by atoms with Gasteiger partial charge in [-0.05, 0) is 30.3 Å². The Balaban J connectivity index is 2.18. The monoisotopic (exact) mass is 338 g/mol. The molecular weight excluding hydrogens is 324 g/mol. The van der Waals surface area contributed by atoms with Crippen LogP contribution in [0.25, 0.3) is 0 Å². The number of carbonyl (C=O) groups excluding carboxylic acids is 1. The molecule has 0 atom stereocenters. The molecule has 0 fully saturated rings. The number of carbonyl (C=O) groups is 1. The number of nitro benzene ring substituents is 1. The highest BCUT2D eigenvalue weighted by atomic mass is 16.6. The minimum absolute atomic E-state index is 0.102. The zero-order valence-electron chi connectivity index (χ0n) is 13.2. The van der Waals surface area contributed by atoms with E-state index in [-0.39, 0.29) is 22.7 Å². The van der Waals surface area contributed by atoms with E-state index >= 15 is 0 Å². The van der Waals surface area contributed by atoms with E-state index in [0.717, 1.165) is 0 Å². The van der Waals surface area contributed by atoms with Gasteiger partial charge in [0.15, 0.2) is 0 Å². The van der Waals surface area contributed by atoms with E-state index in [1.54, 1.807) is 30.1 Å². The van der Waals surface area contributed by atoms with Gasteiger partial charge in [0.05, 0.1) is 4.92 Å². The fraction of sp³-hybridized carbons (Fsp3) is 0.0588. The molecule has 0 aromatic heterocycles. The minimum atomic E-state index is -0.686. The molecule has 126 valence electrons. The van der Waals surface area contributed by atoms with E-state index in [9.17, 15) is 25.3 Å². The van der Waals surface area contributed by atoms with Gasteiger partial charge in [0, 0.05) is 36.8 Å². The van der Waals surface area contributed by atoms with Crippen molar-refractivity contribution in [2.45, 2.75) is 0 Å². The first-order valence-corrected chi connectivity index (χ1v) is 7.10. The molecule has 25 heavy (non-hydrogen) atoms. The summed E-state index contributed by atoms with van der Waals surface area (Å²) in [6.07, 6.45) is 1.33. The highest BCUT2D eigenvalue weighted by molar-refractivity contribution is 6.06. The van der Waals surface area contributed by atoms with Crippen molar-refractivity contribution in [1.29, 1.82) is 5.26 Å². The molecule has 0 aliphatic heterocycles. The van der Waals surface area contributed by atoms with Gasteiger partial charge in [0.1, 0.15) is 17.4 Å². The van der Waals surface area contributed by atoms with E-state index in [0.29, 0.717) is 5.69 Å². The van der Waals surface area contributed by atoms with Crippen molar-refractivity contribution in [2.75, 3.05) is 17.3 Å². The zero-order chi connectivity index (χ0) is 18.4. The number of phenolic OH excluding ortho intramolecular Hbond substituents is 1. The number of phenols is 1. The molecule has 0 saturated carbocycles. The lowest BCUT2D eigenvalue weighted by Crippen LogP contribution is -2.17. The average molecular weight is 338 g/mol. The standard InChI is InChI=1S/C17H14N4O4/c1-20(14-5-7-16(22)8-6-14)11-12(10-18)17(23)19-13-3-2-4-15(9-13)21(24)25/h2-9,11,22H,1H3,(H,19,23)/b12-11-. The van der Waals surface area contributed by atoms with Crippen LogP contribution in [0.2, 0.25) is 0 Å². The normalized spacial score (nSPS) is 10.6. The topological polar surface area (TPSA) is 120 Å². The summed E-state index contributed by atoms with van der Waals surface area (Å²) in [6, 6.07) is 13.4. The van der Waals surface area contributed by atoms with Crippen molar-refractivity contribution in [3.63, 3.8) is 0 Å². The van der Waals surface area contributed by atoms with Crippen LogP contribution in [0.1, 0.15) is 0 Å². The molecule has 2 N–H and O–H groups in total. The molecule has 0 heterocycles. The van der Waals surface area contributed by atoms with Gasteiger partial charge in [0.2, 0.25) is 0 Å². The number of hydrogen-bond acceptors (Lipinski definition) is 6. The van der Waals surface area contributed by atoms with Crippen molar-refractivity contribution in [1.82, 2.24) is 0 Å². The quantitative estimate of drug-likeness (QED) is 0.374. The summed E-state index contributed by atoms with van der Waals surface area (Å²) in [7, 11) is 1.64. The number of anilines is 2. The number of non-ortho nitro benzene ring substituents is 1. The van der Waals surface area contributed by atoms with E-state index in [4.69, 9.17) is 0 Å². The molecule has 8 heteroatoms. The minimum Gasteiger partial charge on any atom is -0.508 e. The Morgan fingerprint density at radius 3 is 2.60 bits per heavy atom. The third-order valence-electron chi connectivity index (χ3n) is 3.26. The first kappa shape index (κ1) is 17.5. The van der Waals surface area contributed by atoms with E-state index in [1.165, 1.54) is 42.6 Å². The highest BCUT2D eigenvalue weighted by Crippen LogP contribution is 2.19. The maximum atomic E-state index is 12.2. The van der Waals surface area contributed by atoms with Crippen LogP contribution in [0.5, 0.6) is 5.75 Å². The van der Waals surface area contributed by atoms with Crippen molar-refractivity contribution in [3.8, 4) is 11.8 Å². The summed E-state index contributed by atoms with van der Waals surface area (Å²) >= 11 is 0. The molecular formula is C17H14N4O4. The summed E-state index contributed by atoms with van der Waals surface area (Å²) in [5, 5.41) is 31.7. The molecule has 0 unspecified atom stereocenters. The van der Waals surface area contributed by atoms with E-state index < -0.39 is 10.8 Å². The number of nitrogens with zero attached hydrogens (tertiary/aromatic N) is 3. The number of nitriles is 1. The van der Waals surface area contributed by atoms with Gasteiger partial charge < -0.3 is 15.3 Å². The Kier molecular flexibility index (Phi) is 5.32. The van der Waals surface area contributed by atoms with Gasteiger partial charge >= 0.3 is 0 Å². The van der Waals surface area contributed by atoms with Crippen LogP contribution in [0.4, 0.5) is 17.1 Å². The summed E-state index contributed by atoms with van der Waals surface area (Å²) in [5.41, 5.74) is 0.532.